The fraction of sp³-hybridized carbons (Fsp3) is 0.556. The Labute approximate surface area is 73.5 Å². The van der Waals surface area contributed by atoms with Crippen molar-refractivity contribution in [3.8, 4) is 0 Å². The zero-order valence-electron chi connectivity index (χ0n) is 7.71. The highest BCUT2D eigenvalue weighted by Crippen LogP contribution is 2.17. The number of hydrogen-bond donors (Lipinski definition) is 1. The van der Waals surface area contributed by atoms with E-state index in [9.17, 15) is 0 Å². The number of ether oxygens (including phenoxy) is 1. The normalized spacial score (nSPS) is 27.9. The van der Waals surface area contributed by atoms with Crippen molar-refractivity contribution in [3.63, 3.8) is 0 Å². The summed E-state index contributed by atoms with van der Waals surface area (Å²) in [5.41, 5.74) is 0.990. The van der Waals surface area contributed by atoms with E-state index in [1.54, 1.807) is 11.1 Å². The van der Waals surface area contributed by atoms with Gasteiger partial charge in [-0.2, -0.15) is 0 Å². The number of hydrogen-bond acceptors (Lipinski definition) is 3. The molecule has 1 unspecified atom stereocenters. The van der Waals surface area contributed by atoms with Crippen molar-refractivity contribution in [2.24, 2.45) is 11.8 Å². The van der Waals surface area contributed by atoms with Gasteiger partial charge in [-0.3, -0.25) is 5.01 Å². The highest BCUT2D eigenvalue weighted by Gasteiger charge is 2.19. The zero-order valence-corrected chi connectivity index (χ0v) is 7.71. The molecule has 1 aliphatic rings. The predicted octanol–water partition coefficient (Wildman–Crippen LogP) is 1.25. The van der Waals surface area contributed by atoms with Crippen LogP contribution in [0, 0.1) is 5.92 Å². The Balaban J connectivity index is 2.74. The second kappa shape index (κ2) is 3.63. The average molecular weight is 168 g/mol. The maximum atomic E-state index is 5.75. The molecule has 0 aromatic carbocycles. The van der Waals surface area contributed by atoms with Crippen molar-refractivity contribution < 1.29 is 4.74 Å². The summed E-state index contributed by atoms with van der Waals surface area (Å²) in [5, 5.41) is 1.64. The van der Waals surface area contributed by atoms with Crippen molar-refractivity contribution >= 4 is 0 Å². The third-order valence-corrected chi connectivity index (χ3v) is 1.92. The molecule has 3 nitrogen and oxygen atoms in total. The molecule has 0 amide bonds. The number of allylic oxidation sites excluding steroid dienone is 2. The molecule has 0 aromatic rings. The van der Waals surface area contributed by atoms with E-state index in [1.807, 2.05) is 6.92 Å². The van der Waals surface area contributed by atoms with E-state index in [1.165, 1.54) is 0 Å². The van der Waals surface area contributed by atoms with E-state index in [0.717, 1.165) is 24.6 Å². The zero-order chi connectivity index (χ0) is 9.14. The fourth-order valence-corrected chi connectivity index (χ4v) is 1.20. The lowest BCUT2D eigenvalue weighted by Gasteiger charge is -2.32. The van der Waals surface area contributed by atoms with Crippen molar-refractivity contribution in [2.45, 2.75) is 13.8 Å². The van der Waals surface area contributed by atoms with Gasteiger partial charge >= 0.3 is 0 Å². The molecule has 0 spiro atoms. The van der Waals surface area contributed by atoms with Crippen LogP contribution in [0.15, 0.2) is 24.1 Å². The minimum absolute atomic E-state index is 0.497. The summed E-state index contributed by atoms with van der Waals surface area (Å²) in [4.78, 5) is 0. The summed E-state index contributed by atoms with van der Waals surface area (Å²) >= 11 is 0. The maximum absolute atomic E-state index is 5.75. The lowest BCUT2D eigenvalue weighted by molar-refractivity contribution is 0.0277. The topological polar surface area (TPSA) is 38.5 Å². The summed E-state index contributed by atoms with van der Waals surface area (Å²) in [6, 6.07) is 0. The van der Waals surface area contributed by atoms with Crippen LogP contribution in [0.3, 0.4) is 0 Å². The Kier molecular flexibility index (Phi) is 2.76. The first-order valence-corrected chi connectivity index (χ1v) is 4.13. The first kappa shape index (κ1) is 9.13. The first-order valence-electron chi connectivity index (χ1n) is 4.13. The first-order chi connectivity index (χ1) is 5.65. The van der Waals surface area contributed by atoms with Crippen molar-refractivity contribution in [2.75, 3.05) is 13.2 Å². The van der Waals surface area contributed by atoms with Crippen LogP contribution in [-0.2, 0) is 4.74 Å². The van der Waals surface area contributed by atoms with Crippen LogP contribution in [0.2, 0.25) is 0 Å². The molecule has 0 aliphatic carbocycles. The van der Waals surface area contributed by atoms with Gasteiger partial charge in [0.1, 0.15) is 0 Å². The molecule has 1 rings (SSSR count). The van der Waals surface area contributed by atoms with Crippen LogP contribution in [0.4, 0.5) is 0 Å². The number of hydrazine groups is 1. The Hall–Kier alpha value is -0.960. The van der Waals surface area contributed by atoms with Crippen molar-refractivity contribution in [3.05, 3.63) is 24.1 Å². The van der Waals surface area contributed by atoms with Gasteiger partial charge in [0.25, 0.3) is 0 Å². The molecule has 3 heteroatoms. The Morgan fingerprint density at radius 3 is 3.00 bits per heavy atom. The van der Waals surface area contributed by atoms with Gasteiger partial charge in [-0.15, -0.1) is 0 Å². The van der Waals surface area contributed by atoms with Crippen LogP contribution in [0.25, 0.3) is 0 Å². The van der Waals surface area contributed by atoms with E-state index in [2.05, 4.69) is 13.5 Å². The standard InChI is InChI=1S/C9H16N2O/c1-4-8(3)9-11(10)5-7(2)6-12-9/h4,7H,1,5-6,10H2,2-3H3/b9-8+. The van der Waals surface area contributed by atoms with E-state index < -0.39 is 0 Å². The second-order valence-corrected chi connectivity index (χ2v) is 3.26. The van der Waals surface area contributed by atoms with Crippen LogP contribution < -0.4 is 5.84 Å². The molecular weight excluding hydrogens is 152 g/mol. The highest BCUT2D eigenvalue weighted by atomic mass is 16.5. The molecule has 1 fully saturated rings. The fourth-order valence-electron chi connectivity index (χ4n) is 1.20. The molecule has 0 saturated carbocycles. The minimum Gasteiger partial charge on any atom is -0.478 e. The van der Waals surface area contributed by atoms with Gasteiger partial charge in [0.2, 0.25) is 5.88 Å². The van der Waals surface area contributed by atoms with Crippen LogP contribution >= 0.6 is 0 Å². The SMILES string of the molecule is C=C/C(C)=C1/OCC(C)CN1N. The summed E-state index contributed by atoms with van der Waals surface area (Å²) in [6.45, 7) is 9.31. The van der Waals surface area contributed by atoms with Gasteiger partial charge in [0.05, 0.1) is 6.61 Å². The van der Waals surface area contributed by atoms with Gasteiger partial charge in [-0.1, -0.05) is 19.6 Å². The maximum Gasteiger partial charge on any atom is 0.206 e. The van der Waals surface area contributed by atoms with Gasteiger partial charge in [0, 0.05) is 18.0 Å². The minimum atomic E-state index is 0.497. The molecule has 12 heavy (non-hydrogen) atoms. The van der Waals surface area contributed by atoms with Gasteiger partial charge in [-0.25, -0.2) is 5.84 Å². The van der Waals surface area contributed by atoms with Crippen molar-refractivity contribution in [1.82, 2.24) is 5.01 Å². The number of nitrogens with zero attached hydrogens (tertiary/aromatic N) is 1. The molecule has 1 saturated heterocycles. The molecule has 1 heterocycles. The molecule has 0 aromatic heterocycles. The van der Waals surface area contributed by atoms with Gasteiger partial charge in [0.15, 0.2) is 0 Å². The summed E-state index contributed by atoms with van der Waals surface area (Å²) in [5.74, 6) is 7.00. The molecule has 68 valence electrons. The van der Waals surface area contributed by atoms with Gasteiger partial charge in [-0.05, 0) is 6.92 Å². The van der Waals surface area contributed by atoms with E-state index in [4.69, 9.17) is 10.6 Å². The highest BCUT2D eigenvalue weighted by molar-refractivity contribution is 5.17. The molecular formula is C9H16N2O. The smallest absolute Gasteiger partial charge is 0.206 e. The molecule has 1 atom stereocenters. The van der Waals surface area contributed by atoms with E-state index in [0.29, 0.717) is 5.92 Å². The van der Waals surface area contributed by atoms with Crippen molar-refractivity contribution in [1.29, 1.82) is 0 Å². The van der Waals surface area contributed by atoms with Crippen LogP contribution in [0.1, 0.15) is 13.8 Å². The molecule has 1 aliphatic heterocycles. The number of nitrogens with two attached hydrogens (primary N) is 1. The predicted molar refractivity (Wildman–Crippen MR) is 48.9 cm³/mol. The Bertz CT molecular complexity index is 211. The second-order valence-electron chi connectivity index (χ2n) is 3.26. The van der Waals surface area contributed by atoms with Crippen LogP contribution in [0.5, 0.6) is 0 Å². The summed E-state index contributed by atoms with van der Waals surface area (Å²) in [6.07, 6.45) is 1.76. The third-order valence-electron chi connectivity index (χ3n) is 1.92. The van der Waals surface area contributed by atoms with Crippen LogP contribution in [-0.4, -0.2) is 18.2 Å². The lowest BCUT2D eigenvalue weighted by atomic mass is 10.1. The molecule has 0 radical (unpaired) electrons. The quantitative estimate of drug-likeness (QED) is 0.599. The average Bonchev–Trinajstić information content (AvgIpc) is 2.03. The monoisotopic (exact) mass is 168 g/mol. The largest absolute Gasteiger partial charge is 0.478 e. The lowest BCUT2D eigenvalue weighted by Crippen LogP contribution is -2.41. The Morgan fingerprint density at radius 1 is 1.83 bits per heavy atom. The molecule has 2 N–H and O–H groups in total. The summed E-state index contributed by atoms with van der Waals surface area (Å²) < 4.78 is 5.46. The van der Waals surface area contributed by atoms with Gasteiger partial charge < -0.3 is 4.74 Å². The summed E-state index contributed by atoms with van der Waals surface area (Å²) in [7, 11) is 0. The van der Waals surface area contributed by atoms with E-state index >= 15 is 0 Å². The Morgan fingerprint density at radius 2 is 2.50 bits per heavy atom. The third kappa shape index (κ3) is 1.80. The van der Waals surface area contributed by atoms with E-state index in [-0.39, 0.29) is 0 Å². The molecule has 0 bridgehead atoms. The number of rotatable bonds is 1.